The van der Waals surface area contributed by atoms with Crippen LogP contribution in [0.5, 0.6) is 17.4 Å². The molecule has 1 N–H and O–H groups in total. The lowest BCUT2D eigenvalue weighted by Gasteiger charge is -2.06. The van der Waals surface area contributed by atoms with Gasteiger partial charge in [0.15, 0.2) is 5.15 Å². The van der Waals surface area contributed by atoms with Gasteiger partial charge in [0.1, 0.15) is 17.0 Å². The van der Waals surface area contributed by atoms with E-state index in [9.17, 15) is 5.11 Å². The highest BCUT2D eigenvalue weighted by molar-refractivity contribution is 6.33. The van der Waals surface area contributed by atoms with Gasteiger partial charge in [-0.1, -0.05) is 29.8 Å². The van der Waals surface area contributed by atoms with Gasteiger partial charge in [0.05, 0.1) is 6.20 Å². The number of fused-ring (bicyclic) bond motifs is 1. The van der Waals surface area contributed by atoms with Crippen LogP contribution in [0.1, 0.15) is 0 Å². The highest BCUT2D eigenvalue weighted by atomic mass is 35.5. The summed E-state index contributed by atoms with van der Waals surface area (Å²) in [7, 11) is 0. The van der Waals surface area contributed by atoms with Crippen LogP contribution in [0.15, 0.2) is 48.7 Å². The topological polar surface area (TPSA) is 55.2 Å². The average Bonchev–Trinajstić information content (AvgIpc) is 2.44. The summed E-state index contributed by atoms with van der Waals surface area (Å²) in [5, 5.41) is 10.4. The van der Waals surface area contributed by atoms with E-state index in [1.807, 2.05) is 30.3 Å². The van der Waals surface area contributed by atoms with Crippen LogP contribution in [0.2, 0.25) is 5.15 Å². The lowest BCUT2D eigenvalue weighted by atomic mass is 10.2. The quantitative estimate of drug-likeness (QED) is 0.721. The summed E-state index contributed by atoms with van der Waals surface area (Å²) < 4.78 is 5.60. The lowest BCUT2D eigenvalue weighted by molar-refractivity contribution is 0.464. The second-order valence-corrected chi connectivity index (χ2v) is 4.25. The minimum absolute atomic E-state index is 0.0400. The van der Waals surface area contributed by atoms with E-state index in [1.54, 1.807) is 12.1 Å². The van der Waals surface area contributed by atoms with Gasteiger partial charge in [0.2, 0.25) is 5.88 Å². The summed E-state index contributed by atoms with van der Waals surface area (Å²) in [6, 6.07) is 12.7. The van der Waals surface area contributed by atoms with Crippen LogP contribution in [0.4, 0.5) is 0 Å². The van der Waals surface area contributed by atoms with E-state index in [0.717, 1.165) is 0 Å². The molecule has 2 heterocycles. The molecule has 2 aromatic heterocycles. The van der Waals surface area contributed by atoms with Crippen molar-refractivity contribution in [2.75, 3.05) is 0 Å². The standard InChI is InChI=1S/C14H9ClN2O2/c15-14-13-10(11(18)8-16-14)6-7-12(17-13)19-9-4-2-1-3-5-9/h1-8,18H. The fraction of sp³-hybridized carbons (Fsp3) is 0. The number of aromatic hydroxyl groups is 1. The number of halogens is 1. The molecule has 3 rings (SSSR count). The Morgan fingerprint density at radius 1 is 1.05 bits per heavy atom. The van der Waals surface area contributed by atoms with Crippen molar-refractivity contribution in [2.24, 2.45) is 0 Å². The Hall–Kier alpha value is -2.33. The van der Waals surface area contributed by atoms with E-state index in [-0.39, 0.29) is 10.9 Å². The first-order valence-corrected chi connectivity index (χ1v) is 5.99. The molecule has 0 fully saturated rings. The normalized spacial score (nSPS) is 10.6. The van der Waals surface area contributed by atoms with Crippen LogP contribution >= 0.6 is 11.6 Å². The van der Waals surface area contributed by atoms with E-state index < -0.39 is 0 Å². The third-order valence-corrected chi connectivity index (χ3v) is 2.88. The smallest absolute Gasteiger partial charge is 0.219 e. The molecule has 3 aromatic rings. The molecule has 0 bridgehead atoms. The molecule has 0 saturated carbocycles. The molecule has 0 aliphatic heterocycles. The maximum absolute atomic E-state index is 9.67. The maximum atomic E-state index is 9.67. The second kappa shape index (κ2) is 4.74. The Kier molecular flexibility index (Phi) is 2.93. The Bertz CT molecular complexity index is 732. The van der Waals surface area contributed by atoms with Crippen molar-refractivity contribution in [3.63, 3.8) is 0 Å². The van der Waals surface area contributed by atoms with Crippen LogP contribution in [0.25, 0.3) is 10.9 Å². The van der Waals surface area contributed by atoms with Crippen molar-refractivity contribution >= 4 is 22.5 Å². The summed E-state index contributed by atoms with van der Waals surface area (Å²) >= 11 is 5.96. The fourth-order valence-corrected chi connectivity index (χ4v) is 1.91. The largest absolute Gasteiger partial charge is 0.506 e. The number of rotatable bonds is 2. The second-order valence-electron chi connectivity index (χ2n) is 3.90. The van der Waals surface area contributed by atoms with E-state index in [4.69, 9.17) is 16.3 Å². The minimum atomic E-state index is 0.0400. The van der Waals surface area contributed by atoms with Gasteiger partial charge in [0, 0.05) is 11.5 Å². The molecule has 0 atom stereocenters. The molecule has 5 heteroatoms. The van der Waals surface area contributed by atoms with Crippen LogP contribution in [-0.4, -0.2) is 15.1 Å². The summed E-state index contributed by atoms with van der Waals surface area (Å²) in [6.07, 6.45) is 1.30. The summed E-state index contributed by atoms with van der Waals surface area (Å²) in [5.74, 6) is 1.12. The number of hydrogen-bond acceptors (Lipinski definition) is 4. The van der Waals surface area contributed by atoms with Crippen molar-refractivity contribution in [2.45, 2.75) is 0 Å². The third kappa shape index (κ3) is 2.30. The van der Waals surface area contributed by atoms with Gasteiger partial charge >= 0.3 is 0 Å². The predicted molar refractivity (Wildman–Crippen MR) is 72.7 cm³/mol. The molecule has 0 amide bonds. The van der Waals surface area contributed by atoms with Gasteiger partial charge in [-0.3, -0.25) is 0 Å². The predicted octanol–water partition coefficient (Wildman–Crippen LogP) is 3.78. The number of aromatic nitrogens is 2. The fourth-order valence-electron chi connectivity index (χ4n) is 1.72. The third-order valence-electron chi connectivity index (χ3n) is 2.61. The van der Waals surface area contributed by atoms with Gasteiger partial charge in [0.25, 0.3) is 0 Å². The number of para-hydroxylation sites is 1. The SMILES string of the molecule is Oc1cnc(Cl)c2nc(Oc3ccccc3)ccc12. The van der Waals surface area contributed by atoms with Gasteiger partial charge < -0.3 is 9.84 Å². The van der Waals surface area contributed by atoms with Crippen molar-refractivity contribution in [3.8, 4) is 17.4 Å². The van der Waals surface area contributed by atoms with E-state index in [0.29, 0.717) is 22.5 Å². The Balaban J connectivity index is 2.05. The van der Waals surface area contributed by atoms with Crippen LogP contribution in [-0.2, 0) is 0 Å². The Morgan fingerprint density at radius 2 is 1.84 bits per heavy atom. The van der Waals surface area contributed by atoms with Crippen LogP contribution in [0, 0.1) is 0 Å². The van der Waals surface area contributed by atoms with E-state index >= 15 is 0 Å². The lowest BCUT2D eigenvalue weighted by Crippen LogP contribution is -1.90. The number of hydrogen-bond donors (Lipinski definition) is 1. The summed E-state index contributed by atoms with van der Waals surface area (Å²) in [6.45, 7) is 0. The zero-order valence-corrected chi connectivity index (χ0v) is 10.5. The van der Waals surface area contributed by atoms with Crippen molar-refractivity contribution in [1.29, 1.82) is 0 Å². The number of nitrogens with zero attached hydrogens (tertiary/aromatic N) is 2. The molecule has 1 aromatic carbocycles. The summed E-state index contributed by atoms with van der Waals surface area (Å²) in [4.78, 5) is 8.11. The maximum Gasteiger partial charge on any atom is 0.219 e. The highest BCUT2D eigenvalue weighted by Gasteiger charge is 2.08. The van der Waals surface area contributed by atoms with E-state index in [1.165, 1.54) is 6.20 Å². The molecule has 19 heavy (non-hydrogen) atoms. The highest BCUT2D eigenvalue weighted by Crippen LogP contribution is 2.30. The van der Waals surface area contributed by atoms with Crippen molar-refractivity contribution in [1.82, 2.24) is 9.97 Å². The summed E-state index contributed by atoms with van der Waals surface area (Å²) in [5.41, 5.74) is 0.412. The van der Waals surface area contributed by atoms with Crippen LogP contribution < -0.4 is 4.74 Å². The molecule has 0 aliphatic carbocycles. The zero-order chi connectivity index (χ0) is 13.2. The molecule has 0 radical (unpaired) electrons. The molecule has 0 unspecified atom stereocenters. The minimum Gasteiger partial charge on any atom is -0.506 e. The molecular formula is C14H9ClN2O2. The molecular weight excluding hydrogens is 264 g/mol. The van der Waals surface area contributed by atoms with E-state index in [2.05, 4.69) is 9.97 Å². The first kappa shape index (κ1) is 11.7. The number of ether oxygens (including phenoxy) is 1. The van der Waals surface area contributed by atoms with Crippen molar-refractivity contribution in [3.05, 3.63) is 53.8 Å². The zero-order valence-electron chi connectivity index (χ0n) is 9.75. The Morgan fingerprint density at radius 3 is 2.63 bits per heavy atom. The van der Waals surface area contributed by atoms with Gasteiger partial charge in [-0.2, -0.15) is 0 Å². The number of benzene rings is 1. The number of pyridine rings is 2. The first-order valence-electron chi connectivity index (χ1n) is 5.61. The Labute approximate surface area is 114 Å². The molecule has 0 aliphatic rings. The first-order chi connectivity index (χ1) is 9.24. The molecule has 4 nitrogen and oxygen atoms in total. The van der Waals surface area contributed by atoms with Gasteiger partial charge in [-0.15, -0.1) is 0 Å². The van der Waals surface area contributed by atoms with Gasteiger partial charge in [-0.25, -0.2) is 9.97 Å². The monoisotopic (exact) mass is 272 g/mol. The van der Waals surface area contributed by atoms with Crippen molar-refractivity contribution < 1.29 is 9.84 Å². The average molecular weight is 273 g/mol. The van der Waals surface area contributed by atoms with Crippen LogP contribution in [0.3, 0.4) is 0 Å². The molecule has 94 valence electrons. The molecule has 0 saturated heterocycles. The van der Waals surface area contributed by atoms with Gasteiger partial charge in [-0.05, 0) is 18.2 Å². The molecule has 0 spiro atoms.